The second-order valence-electron chi connectivity index (χ2n) is 4.18. The quantitative estimate of drug-likeness (QED) is 0.850. The maximum Gasteiger partial charge on any atom is 0.0537 e. The number of pyridine rings is 1. The molecule has 2 rings (SSSR count). The number of rotatable bonds is 5. The van der Waals surface area contributed by atoms with Gasteiger partial charge in [0.1, 0.15) is 0 Å². The molecule has 0 fully saturated rings. The first kappa shape index (κ1) is 11.8. The summed E-state index contributed by atoms with van der Waals surface area (Å²) in [4.78, 5) is 4.03. The van der Waals surface area contributed by atoms with Gasteiger partial charge in [0.25, 0.3) is 0 Å². The first-order valence-electron chi connectivity index (χ1n) is 5.84. The van der Waals surface area contributed by atoms with E-state index in [1.807, 2.05) is 37.4 Å². The van der Waals surface area contributed by atoms with Crippen molar-refractivity contribution >= 4 is 0 Å². The van der Waals surface area contributed by atoms with Gasteiger partial charge in [-0.1, -0.05) is 0 Å². The number of nitrogens with zero attached hydrogens (tertiary/aromatic N) is 3. The molecule has 0 radical (unpaired) electrons. The highest BCUT2D eigenvalue weighted by Gasteiger charge is 2.10. The van der Waals surface area contributed by atoms with E-state index in [-0.39, 0.29) is 0 Å². The van der Waals surface area contributed by atoms with Crippen molar-refractivity contribution in [3.63, 3.8) is 0 Å². The SMILES string of the molecule is CNC(CCc1ccncc1)c1cnn(C)c1. The fourth-order valence-corrected chi connectivity index (χ4v) is 1.96. The van der Waals surface area contributed by atoms with Gasteiger partial charge in [0.15, 0.2) is 0 Å². The molecule has 0 aliphatic rings. The number of aromatic nitrogens is 3. The van der Waals surface area contributed by atoms with Gasteiger partial charge in [-0.15, -0.1) is 0 Å². The van der Waals surface area contributed by atoms with Crippen LogP contribution in [0.15, 0.2) is 36.9 Å². The first-order valence-corrected chi connectivity index (χ1v) is 5.84. The van der Waals surface area contributed by atoms with Crippen LogP contribution in [0.5, 0.6) is 0 Å². The highest BCUT2D eigenvalue weighted by Crippen LogP contribution is 2.17. The predicted octanol–water partition coefficient (Wildman–Crippen LogP) is 1.71. The summed E-state index contributed by atoms with van der Waals surface area (Å²) in [6.07, 6.45) is 9.78. The summed E-state index contributed by atoms with van der Waals surface area (Å²) >= 11 is 0. The molecule has 2 aromatic rings. The van der Waals surface area contributed by atoms with Crippen molar-refractivity contribution in [3.05, 3.63) is 48.0 Å². The van der Waals surface area contributed by atoms with E-state index in [4.69, 9.17) is 0 Å². The van der Waals surface area contributed by atoms with Gasteiger partial charge in [0.05, 0.1) is 6.20 Å². The highest BCUT2D eigenvalue weighted by atomic mass is 15.2. The molecule has 2 heterocycles. The molecule has 0 saturated carbocycles. The monoisotopic (exact) mass is 230 g/mol. The summed E-state index contributed by atoms with van der Waals surface area (Å²) in [5, 5.41) is 7.54. The molecule has 4 nitrogen and oxygen atoms in total. The number of hydrogen-bond donors (Lipinski definition) is 1. The Hall–Kier alpha value is -1.68. The van der Waals surface area contributed by atoms with Crippen LogP contribution in [0.3, 0.4) is 0 Å². The molecule has 0 bridgehead atoms. The van der Waals surface area contributed by atoms with Crippen LogP contribution < -0.4 is 5.32 Å². The van der Waals surface area contributed by atoms with E-state index in [2.05, 4.69) is 33.7 Å². The van der Waals surface area contributed by atoms with Gasteiger partial charge in [-0.2, -0.15) is 5.10 Å². The fourth-order valence-electron chi connectivity index (χ4n) is 1.96. The lowest BCUT2D eigenvalue weighted by atomic mass is 10.0. The van der Waals surface area contributed by atoms with Gasteiger partial charge in [0.2, 0.25) is 0 Å². The summed E-state index contributed by atoms with van der Waals surface area (Å²) in [6.45, 7) is 0. The maximum atomic E-state index is 4.21. The Labute approximate surface area is 102 Å². The van der Waals surface area contributed by atoms with Crippen LogP contribution in [0, 0.1) is 0 Å². The van der Waals surface area contributed by atoms with E-state index < -0.39 is 0 Å². The second kappa shape index (κ2) is 5.59. The van der Waals surface area contributed by atoms with Gasteiger partial charge in [-0.3, -0.25) is 9.67 Å². The molecule has 17 heavy (non-hydrogen) atoms. The van der Waals surface area contributed by atoms with E-state index in [0.717, 1.165) is 12.8 Å². The Balaban J connectivity index is 1.97. The molecular formula is C13H18N4. The van der Waals surface area contributed by atoms with Gasteiger partial charge in [-0.25, -0.2) is 0 Å². The van der Waals surface area contributed by atoms with Crippen molar-refractivity contribution in [2.45, 2.75) is 18.9 Å². The topological polar surface area (TPSA) is 42.7 Å². The Kier molecular flexibility index (Phi) is 3.88. The Morgan fingerprint density at radius 1 is 1.35 bits per heavy atom. The van der Waals surface area contributed by atoms with E-state index in [0.29, 0.717) is 6.04 Å². The molecule has 0 amide bonds. The third-order valence-electron chi connectivity index (χ3n) is 2.95. The van der Waals surface area contributed by atoms with E-state index >= 15 is 0 Å². The predicted molar refractivity (Wildman–Crippen MR) is 67.6 cm³/mol. The van der Waals surface area contributed by atoms with E-state index in [1.165, 1.54) is 11.1 Å². The third-order valence-corrected chi connectivity index (χ3v) is 2.95. The molecule has 0 aliphatic heterocycles. The van der Waals surface area contributed by atoms with E-state index in [9.17, 15) is 0 Å². The molecule has 2 aromatic heterocycles. The highest BCUT2D eigenvalue weighted by molar-refractivity contribution is 5.13. The number of nitrogens with one attached hydrogen (secondary N) is 1. The maximum absolute atomic E-state index is 4.21. The zero-order chi connectivity index (χ0) is 12.1. The van der Waals surface area contributed by atoms with Gasteiger partial charge in [0, 0.05) is 37.2 Å². The summed E-state index contributed by atoms with van der Waals surface area (Å²) in [6, 6.07) is 4.49. The minimum Gasteiger partial charge on any atom is -0.313 e. The molecule has 0 aromatic carbocycles. The Morgan fingerprint density at radius 3 is 2.71 bits per heavy atom. The van der Waals surface area contributed by atoms with Crippen molar-refractivity contribution in [2.24, 2.45) is 7.05 Å². The summed E-state index contributed by atoms with van der Waals surface area (Å²) in [5.41, 5.74) is 2.56. The molecule has 0 aliphatic carbocycles. The molecule has 1 atom stereocenters. The first-order chi connectivity index (χ1) is 8.29. The lowest BCUT2D eigenvalue weighted by Gasteiger charge is -2.14. The summed E-state index contributed by atoms with van der Waals surface area (Å²) in [7, 11) is 3.93. The van der Waals surface area contributed by atoms with Crippen molar-refractivity contribution in [3.8, 4) is 0 Å². The normalized spacial score (nSPS) is 12.6. The zero-order valence-electron chi connectivity index (χ0n) is 10.3. The molecule has 4 heteroatoms. The standard InChI is InChI=1S/C13H18N4/c1-14-13(12-9-16-17(2)10-12)4-3-11-5-7-15-8-6-11/h5-10,13-14H,3-4H2,1-2H3. The zero-order valence-corrected chi connectivity index (χ0v) is 10.3. The van der Waals surface area contributed by atoms with Crippen LogP contribution in [0.4, 0.5) is 0 Å². The van der Waals surface area contributed by atoms with Crippen molar-refractivity contribution in [2.75, 3.05) is 7.05 Å². The lowest BCUT2D eigenvalue weighted by molar-refractivity contribution is 0.548. The molecular weight excluding hydrogens is 212 g/mol. The van der Waals surface area contributed by atoms with Crippen LogP contribution in [-0.4, -0.2) is 21.8 Å². The number of aryl methyl sites for hydroxylation is 2. The van der Waals surface area contributed by atoms with Crippen LogP contribution >= 0.6 is 0 Å². The fraction of sp³-hybridized carbons (Fsp3) is 0.385. The van der Waals surface area contributed by atoms with Gasteiger partial charge in [-0.05, 0) is 37.6 Å². The minimum atomic E-state index is 0.358. The summed E-state index contributed by atoms with van der Waals surface area (Å²) < 4.78 is 1.84. The Bertz CT molecular complexity index is 449. The molecule has 90 valence electrons. The van der Waals surface area contributed by atoms with E-state index in [1.54, 1.807) is 0 Å². The van der Waals surface area contributed by atoms with Crippen molar-refractivity contribution in [1.29, 1.82) is 0 Å². The number of hydrogen-bond acceptors (Lipinski definition) is 3. The van der Waals surface area contributed by atoms with Crippen molar-refractivity contribution < 1.29 is 0 Å². The molecule has 1 N–H and O–H groups in total. The van der Waals surface area contributed by atoms with Gasteiger partial charge < -0.3 is 5.32 Å². The van der Waals surface area contributed by atoms with Crippen LogP contribution in [0.1, 0.15) is 23.6 Å². The second-order valence-corrected chi connectivity index (χ2v) is 4.18. The minimum absolute atomic E-state index is 0.358. The lowest BCUT2D eigenvalue weighted by Crippen LogP contribution is -2.16. The van der Waals surface area contributed by atoms with Crippen LogP contribution in [0.25, 0.3) is 0 Å². The van der Waals surface area contributed by atoms with Crippen molar-refractivity contribution in [1.82, 2.24) is 20.1 Å². The van der Waals surface area contributed by atoms with Crippen LogP contribution in [0.2, 0.25) is 0 Å². The largest absolute Gasteiger partial charge is 0.313 e. The average molecular weight is 230 g/mol. The average Bonchev–Trinajstić information content (AvgIpc) is 2.78. The molecule has 0 saturated heterocycles. The molecule has 0 spiro atoms. The summed E-state index contributed by atoms with van der Waals surface area (Å²) in [5.74, 6) is 0. The smallest absolute Gasteiger partial charge is 0.0537 e. The third kappa shape index (κ3) is 3.14. The van der Waals surface area contributed by atoms with Crippen LogP contribution in [-0.2, 0) is 13.5 Å². The van der Waals surface area contributed by atoms with Gasteiger partial charge >= 0.3 is 0 Å². The Morgan fingerprint density at radius 2 is 2.12 bits per heavy atom. The molecule has 1 unspecified atom stereocenters.